The molecule has 2 amide bonds. The van der Waals surface area contributed by atoms with Crippen LogP contribution >= 0.6 is 0 Å². The van der Waals surface area contributed by atoms with Gasteiger partial charge in [0.15, 0.2) is 11.5 Å². The van der Waals surface area contributed by atoms with Gasteiger partial charge in [0.25, 0.3) is 5.91 Å². The van der Waals surface area contributed by atoms with E-state index >= 15 is 0 Å². The number of phenols is 1. The molecule has 1 aromatic rings. The Labute approximate surface area is 116 Å². The number of nitrogens with one attached hydrogen (secondary N) is 1. The predicted octanol–water partition coefficient (Wildman–Crippen LogP) is 1.35. The molecule has 2 aliphatic heterocycles. The van der Waals surface area contributed by atoms with Crippen molar-refractivity contribution < 1.29 is 19.4 Å². The van der Waals surface area contributed by atoms with E-state index in [2.05, 4.69) is 5.32 Å². The number of hydrogen-bond donors (Lipinski definition) is 2. The van der Waals surface area contributed by atoms with Crippen molar-refractivity contribution in [2.75, 3.05) is 19.0 Å². The van der Waals surface area contributed by atoms with Crippen molar-refractivity contribution in [1.29, 1.82) is 0 Å². The maximum atomic E-state index is 12.6. The number of methoxy groups -OCH3 is 1. The number of amides is 2. The molecule has 20 heavy (non-hydrogen) atoms. The molecule has 3 rings (SSSR count). The SMILES string of the molecule is COc1cc2c(cc1O)NC(=O)[C@@H]1CCCCN1C2=O. The Bertz CT molecular complexity index is 585. The number of rotatable bonds is 1. The molecule has 1 fully saturated rings. The van der Waals surface area contributed by atoms with Gasteiger partial charge in [-0.15, -0.1) is 0 Å². The van der Waals surface area contributed by atoms with Gasteiger partial charge in [0.1, 0.15) is 6.04 Å². The third-order valence-corrected chi connectivity index (χ3v) is 3.87. The Hall–Kier alpha value is -2.24. The third-order valence-electron chi connectivity index (χ3n) is 3.87. The standard InChI is InChI=1S/C14H16N2O4/c1-20-12-6-8-9(7-11(12)17)15-13(18)10-4-2-3-5-16(10)14(8)19/h6-7,10,17H,2-5H2,1H3,(H,15,18)/t10-/m0/s1. The van der Waals surface area contributed by atoms with E-state index in [-0.39, 0.29) is 23.3 Å². The highest BCUT2D eigenvalue weighted by atomic mass is 16.5. The molecule has 0 aromatic heterocycles. The molecule has 106 valence electrons. The van der Waals surface area contributed by atoms with E-state index in [1.54, 1.807) is 4.90 Å². The fourth-order valence-electron chi connectivity index (χ4n) is 2.83. The summed E-state index contributed by atoms with van der Waals surface area (Å²) in [5, 5.41) is 12.5. The molecule has 0 bridgehead atoms. The van der Waals surface area contributed by atoms with Crippen molar-refractivity contribution in [3.63, 3.8) is 0 Å². The van der Waals surface area contributed by atoms with Crippen molar-refractivity contribution in [3.05, 3.63) is 17.7 Å². The Morgan fingerprint density at radius 1 is 1.35 bits per heavy atom. The van der Waals surface area contributed by atoms with Gasteiger partial charge < -0.3 is 20.1 Å². The lowest BCUT2D eigenvalue weighted by Crippen LogP contribution is -2.47. The first-order valence-corrected chi connectivity index (χ1v) is 6.64. The van der Waals surface area contributed by atoms with Crippen LogP contribution in [0.3, 0.4) is 0 Å². The first-order chi connectivity index (χ1) is 9.61. The van der Waals surface area contributed by atoms with Crippen LogP contribution in [-0.4, -0.2) is 41.5 Å². The second-order valence-electron chi connectivity index (χ2n) is 5.07. The molecule has 2 aliphatic rings. The van der Waals surface area contributed by atoms with Gasteiger partial charge >= 0.3 is 0 Å². The minimum Gasteiger partial charge on any atom is -0.504 e. The minimum absolute atomic E-state index is 0.0979. The summed E-state index contributed by atoms with van der Waals surface area (Å²) >= 11 is 0. The lowest BCUT2D eigenvalue weighted by molar-refractivity contribution is -0.121. The normalized spacial score (nSPS) is 21.6. The number of aromatic hydroxyl groups is 1. The quantitative estimate of drug-likeness (QED) is 0.811. The van der Waals surface area contributed by atoms with Gasteiger partial charge in [0.05, 0.1) is 18.4 Å². The molecule has 0 aliphatic carbocycles. The highest BCUT2D eigenvalue weighted by Crippen LogP contribution is 2.36. The first kappa shape index (κ1) is 12.8. The van der Waals surface area contributed by atoms with Crippen LogP contribution in [0.2, 0.25) is 0 Å². The summed E-state index contributed by atoms with van der Waals surface area (Å²) in [6, 6.07) is 2.42. The molecular weight excluding hydrogens is 260 g/mol. The molecule has 2 N–H and O–H groups in total. The van der Waals surface area contributed by atoms with Crippen LogP contribution in [0.1, 0.15) is 29.6 Å². The maximum absolute atomic E-state index is 12.6. The number of phenolic OH excluding ortho intramolecular Hbond substituents is 1. The van der Waals surface area contributed by atoms with Crippen LogP contribution in [0.5, 0.6) is 11.5 Å². The second-order valence-corrected chi connectivity index (χ2v) is 5.07. The largest absolute Gasteiger partial charge is 0.504 e. The monoisotopic (exact) mass is 276 g/mol. The number of carbonyl (C=O) groups is 2. The molecule has 0 spiro atoms. The van der Waals surface area contributed by atoms with Gasteiger partial charge in [0, 0.05) is 12.6 Å². The van der Waals surface area contributed by atoms with Gasteiger partial charge in [-0.2, -0.15) is 0 Å². The molecule has 1 saturated heterocycles. The number of hydrogen-bond acceptors (Lipinski definition) is 4. The molecule has 2 heterocycles. The molecule has 1 atom stereocenters. The summed E-state index contributed by atoms with van der Waals surface area (Å²) in [6.07, 6.45) is 2.52. The summed E-state index contributed by atoms with van der Waals surface area (Å²) in [5.74, 6) is -0.260. The Balaban J connectivity index is 2.10. The van der Waals surface area contributed by atoms with E-state index in [4.69, 9.17) is 4.74 Å². The summed E-state index contributed by atoms with van der Waals surface area (Å²) in [4.78, 5) is 26.4. The number of benzene rings is 1. The van der Waals surface area contributed by atoms with Crippen molar-refractivity contribution in [1.82, 2.24) is 4.90 Å². The summed E-state index contributed by atoms with van der Waals surface area (Å²) in [5.41, 5.74) is 0.699. The van der Waals surface area contributed by atoms with Crippen molar-refractivity contribution in [2.45, 2.75) is 25.3 Å². The number of carbonyl (C=O) groups excluding carboxylic acids is 2. The van der Waals surface area contributed by atoms with Crippen LogP contribution in [0, 0.1) is 0 Å². The summed E-state index contributed by atoms with van der Waals surface area (Å²) in [7, 11) is 1.42. The van der Waals surface area contributed by atoms with Crippen LogP contribution in [-0.2, 0) is 4.79 Å². The van der Waals surface area contributed by atoms with Crippen molar-refractivity contribution in [2.24, 2.45) is 0 Å². The maximum Gasteiger partial charge on any atom is 0.256 e. The van der Waals surface area contributed by atoms with Crippen molar-refractivity contribution >= 4 is 17.5 Å². The molecule has 6 heteroatoms. The van der Waals surface area contributed by atoms with Gasteiger partial charge in [-0.1, -0.05) is 0 Å². The van der Waals surface area contributed by atoms with Crippen LogP contribution in [0.4, 0.5) is 5.69 Å². The van der Waals surface area contributed by atoms with E-state index in [9.17, 15) is 14.7 Å². The van der Waals surface area contributed by atoms with E-state index < -0.39 is 6.04 Å². The zero-order valence-corrected chi connectivity index (χ0v) is 11.2. The number of fused-ring (bicyclic) bond motifs is 2. The smallest absolute Gasteiger partial charge is 0.256 e. The fraction of sp³-hybridized carbons (Fsp3) is 0.429. The fourth-order valence-corrected chi connectivity index (χ4v) is 2.83. The summed E-state index contributed by atoms with van der Waals surface area (Å²) < 4.78 is 5.03. The molecular formula is C14H16N2O4. The predicted molar refractivity (Wildman–Crippen MR) is 72.0 cm³/mol. The third kappa shape index (κ3) is 1.88. The van der Waals surface area contributed by atoms with Gasteiger partial charge in [-0.25, -0.2) is 0 Å². The van der Waals surface area contributed by atoms with Gasteiger partial charge in [-0.05, 0) is 25.3 Å². The van der Waals surface area contributed by atoms with Crippen LogP contribution in [0.25, 0.3) is 0 Å². The number of ether oxygens (including phenoxy) is 1. The topological polar surface area (TPSA) is 78.9 Å². The molecule has 1 aromatic carbocycles. The molecule has 0 saturated carbocycles. The zero-order valence-electron chi connectivity index (χ0n) is 11.2. The highest BCUT2D eigenvalue weighted by molar-refractivity contribution is 6.10. The van der Waals surface area contributed by atoms with Crippen molar-refractivity contribution in [3.8, 4) is 11.5 Å². The van der Waals surface area contributed by atoms with Crippen LogP contribution < -0.4 is 10.1 Å². The molecule has 0 unspecified atom stereocenters. The van der Waals surface area contributed by atoms with Gasteiger partial charge in [0.2, 0.25) is 5.91 Å². The number of piperidine rings is 1. The Morgan fingerprint density at radius 2 is 2.15 bits per heavy atom. The van der Waals surface area contributed by atoms with Gasteiger partial charge in [-0.3, -0.25) is 9.59 Å². The van der Waals surface area contributed by atoms with E-state index in [1.165, 1.54) is 19.2 Å². The average Bonchev–Trinajstić information content (AvgIpc) is 2.55. The highest BCUT2D eigenvalue weighted by Gasteiger charge is 2.37. The van der Waals surface area contributed by atoms with Crippen LogP contribution in [0.15, 0.2) is 12.1 Å². The minimum atomic E-state index is -0.420. The number of nitrogens with zero attached hydrogens (tertiary/aromatic N) is 1. The molecule has 6 nitrogen and oxygen atoms in total. The van der Waals surface area contributed by atoms with E-state index in [0.717, 1.165) is 12.8 Å². The Morgan fingerprint density at radius 3 is 2.90 bits per heavy atom. The first-order valence-electron chi connectivity index (χ1n) is 6.64. The molecule has 0 radical (unpaired) electrons. The second kappa shape index (κ2) is 4.70. The summed E-state index contributed by atoms with van der Waals surface area (Å²) in [6.45, 7) is 0.583. The van der Waals surface area contributed by atoms with E-state index in [0.29, 0.717) is 24.2 Å². The van der Waals surface area contributed by atoms with E-state index in [1.807, 2.05) is 0 Å². The zero-order chi connectivity index (χ0) is 14.3. The Kier molecular flexibility index (Phi) is 3.00. The average molecular weight is 276 g/mol. The lowest BCUT2D eigenvalue weighted by atomic mass is 10.0. The number of anilines is 1. The lowest BCUT2D eigenvalue weighted by Gasteiger charge is -2.32.